The molecule has 3 aromatic heterocycles. The second-order valence-electron chi connectivity index (χ2n) is 18.2. The minimum Gasteiger partial charge on any atom is -0.309 e. The van der Waals surface area contributed by atoms with E-state index in [-0.39, 0.29) is 0 Å². The summed E-state index contributed by atoms with van der Waals surface area (Å²) in [5.41, 5.74) is 24.9. The van der Waals surface area contributed by atoms with Gasteiger partial charge in [0.25, 0.3) is 0 Å². The number of rotatable bonds is 10. The van der Waals surface area contributed by atoms with Crippen LogP contribution in [0, 0.1) is 0 Å². The zero-order chi connectivity index (χ0) is 48.5. The summed E-state index contributed by atoms with van der Waals surface area (Å²) in [7, 11) is 0. The van der Waals surface area contributed by atoms with Gasteiger partial charge in [0.2, 0.25) is 0 Å². The molecule has 344 valence electrons. The van der Waals surface area contributed by atoms with Crippen LogP contribution in [0.5, 0.6) is 0 Å². The Hall–Kier alpha value is -9.91. The number of pyridine rings is 2. The van der Waals surface area contributed by atoms with Crippen LogP contribution in [0.4, 0.5) is 5.69 Å². The predicted octanol–water partition coefficient (Wildman–Crippen LogP) is 16.5. The molecule has 0 unspecified atom stereocenters. The van der Waals surface area contributed by atoms with Crippen molar-refractivity contribution in [2.45, 2.75) is 0 Å². The smallest absolute Gasteiger partial charge is 0.0949 e. The molecule has 0 spiro atoms. The van der Waals surface area contributed by atoms with Gasteiger partial charge in [-0.25, -0.2) is 0 Å². The van der Waals surface area contributed by atoms with Crippen molar-refractivity contribution in [3.63, 3.8) is 0 Å². The number of fused-ring (bicyclic) bond motifs is 3. The van der Waals surface area contributed by atoms with Crippen LogP contribution in [0.15, 0.2) is 278 Å². The van der Waals surface area contributed by atoms with Gasteiger partial charge in [0.15, 0.2) is 0 Å². The van der Waals surface area contributed by atoms with Crippen molar-refractivity contribution in [2.24, 2.45) is 5.10 Å². The lowest BCUT2D eigenvalue weighted by atomic mass is 9.91. The summed E-state index contributed by atoms with van der Waals surface area (Å²) in [5.74, 6) is 0. The molecule has 0 radical (unpaired) electrons. The third-order valence-corrected chi connectivity index (χ3v) is 13.8. The first-order valence-corrected chi connectivity index (χ1v) is 24.6. The average Bonchev–Trinajstić information content (AvgIpc) is 3.82. The molecule has 0 amide bonds. The number of hydrazine groups is 1. The van der Waals surface area contributed by atoms with E-state index < -0.39 is 0 Å². The van der Waals surface area contributed by atoms with E-state index in [1.807, 2.05) is 48.0 Å². The van der Waals surface area contributed by atoms with Gasteiger partial charge in [-0.05, 0) is 141 Å². The molecule has 1 aliphatic heterocycles. The summed E-state index contributed by atoms with van der Waals surface area (Å²) in [6, 6.07) is 88.3. The van der Waals surface area contributed by atoms with Gasteiger partial charge in [-0.2, -0.15) is 10.2 Å². The molecule has 0 bridgehead atoms. The molecule has 9 aromatic carbocycles. The Morgan fingerprint density at radius 2 is 0.808 bits per heavy atom. The van der Waals surface area contributed by atoms with Gasteiger partial charge in [0.05, 0.1) is 33.8 Å². The van der Waals surface area contributed by atoms with Gasteiger partial charge < -0.3 is 4.57 Å². The first kappa shape index (κ1) is 43.1. The Kier molecular flexibility index (Phi) is 11.1. The van der Waals surface area contributed by atoms with Crippen molar-refractivity contribution < 1.29 is 0 Å². The summed E-state index contributed by atoms with van der Waals surface area (Å²) < 4.78 is 2.36. The summed E-state index contributed by atoms with van der Waals surface area (Å²) in [6.07, 6.45) is 7.70. The van der Waals surface area contributed by atoms with Crippen LogP contribution in [-0.4, -0.2) is 20.2 Å². The van der Waals surface area contributed by atoms with E-state index in [9.17, 15) is 0 Å². The fraction of sp³-hybridized carbons (Fsp3) is 0. The molecular weight excluding hydrogens is 889 g/mol. The molecule has 0 saturated carbocycles. The summed E-state index contributed by atoms with van der Waals surface area (Å²) in [4.78, 5) is 9.46. The van der Waals surface area contributed by atoms with Crippen molar-refractivity contribution in [1.82, 2.24) is 20.0 Å². The predicted molar refractivity (Wildman–Crippen MR) is 302 cm³/mol. The Morgan fingerprint density at radius 3 is 1.42 bits per heavy atom. The largest absolute Gasteiger partial charge is 0.309 e. The highest BCUT2D eigenvalue weighted by Crippen LogP contribution is 2.39. The number of para-hydroxylation sites is 1. The number of nitrogens with zero attached hydrogens (tertiary/aromatic N) is 5. The van der Waals surface area contributed by atoms with Crippen LogP contribution in [0.25, 0.3) is 106 Å². The van der Waals surface area contributed by atoms with Gasteiger partial charge in [0, 0.05) is 51.7 Å². The molecule has 0 atom stereocenters. The van der Waals surface area contributed by atoms with E-state index in [4.69, 9.17) is 15.1 Å². The molecule has 13 rings (SSSR count). The SMILES string of the molecule is C1=CC(c2ccc(-c3ccc(-c4ccccc4)cc3)cc2-c2ccc(-c3ccccc3)cc2)=NN(c2ccc(-c3ccc4c(c3)c3ccccc3n4-c3cc(-c4ccccn4)cc(-c4ccccn4)c3)cc2)N1. The number of hydrogen-bond donors (Lipinski definition) is 1. The lowest BCUT2D eigenvalue weighted by Crippen LogP contribution is -2.33. The number of allylic oxidation sites excluding steroid dienone is 1. The number of hydrogen-bond acceptors (Lipinski definition) is 5. The average molecular weight is 935 g/mol. The standard InChI is InChI=1S/C67H46N6/c1-3-13-46(14-4-1)48-21-23-50(24-22-48)53-31-35-59(61(44-53)52-27-25-49(26-28-52)47-15-5-2-6-16-47)65-37-40-70-73(71-65)57-33-29-51(30-34-57)54-32-36-67-62(45-54)60-17-7-8-20-66(60)72(67)58-42-55(63-18-9-11-38-68-63)41-56(43-58)64-19-10-12-39-69-64/h1-45,70H. The lowest BCUT2D eigenvalue weighted by Gasteiger charge is -2.24. The van der Waals surface area contributed by atoms with Gasteiger partial charge >= 0.3 is 0 Å². The van der Waals surface area contributed by atoms with E-state index in [1.165, 1.54) is 33.0 Å². The third-order valence-electron chi connectivity index (χ3n) is 13.8. The zero-order valence-corrected chi connectivity index (χ0v) is 39.7. The maximum atomic E-state index is 5.22. The molecule has 0 aliphatic carbocycles. The molecule has 6 heteroatoms. The first-order valence-electron chi connectivity index (χ1n) is 24.6. The number of nitrogens with one attached hydrogen (secondary N) is 1. The molecule has 1 N–H and O–H groups in total. The van der Waals surface area contributed by atoms with Crippen molar-refractivity contribution in [2.75, 3.05) is 5.12 Å². The quantitative estimate of drug-likeness (QED) is 0.148. The zero-order valence-electron chi connectivity index (χ0n) is 39.7. The van der Waals surface area contributed by atoms with E-state index in [0.29, 0.717) is 0 Å². The Balaban J connectivity index is 0.832. The van der Waals surface area contributed by atoms with Crippen LogP contribution >= 0.6 is 0 Å². The van der Waals surface area contributed by atoms with Crippen molar-refractivity contribution >= 4 is 33.2 Å². The topological polar surface area (TPSA) is 58.3 Å². The highest BCUT2D eigenvalue weighted by molar-refractivity contribution is 6.14. The second kappa shape index (κ2) is 18.8. The molecule has 6 nitrogen and oxygen atoms in total. The molecular formula is C67H46N6. The van der Waals surface area contributed by atoms with Crippen molar-refractivity contribution in [1.29, 1.82) is 0 Å². The van der Waals surface area contributed by atoms with Crippen LogP contribution in [0.3, 0.4) is 0 Å². The molecule has 4 heterocycles. The van der Waals surface area contributed by atoms with Crippen molar-refractivity contribution in [3.8, 4) is 83.8 Å². The van der Waals surface area contributed by atoms with Crippen LogP contribution < -0.4 is 10.5 Å². The molecule has 0 saturated heterocycles. The Morgan fingerprint density at radius 1 is 0.315 bits per heavy atom. The summed E-state index contributed by atoms with van der Waals surface area (Å²) in [6.45, 7) is 0. The van der Waals surface area contributed by atoms with E-state index >= 15 is 0 Å². The normalized spacial score (nSPS) is 12.2. The number of anilines is 1. The molecule has 1 aliphatic rings. The molecule has 12 aromatic rings. The minimum atomic E-state index is 0.857. The Labute approximate surface area is 424 Å². The number of aromatic nitrogens is 3. The number of hydrazone groups is 1. The van der Waals surface area contributed by atoms with Gasteiger partial charge in [0.1, 0.15) is 0 Å². The Bertz CT molecular complexity index is 3940. The summed E-state index contributed by atoms with van der Waals surface area (Å²) >= 11 is 0. The first-order chi connectivity index (χ1) is 36.2. The monoisotopic (exact) mass is 934 g/mol. The van der Waals surface area contributed by atoms with Gasteiger partial charge in [-0.1, -0.05) is 170 Å². The van der Waals surface area contributed by atoms with Crippen LogP contribution in [0.1, 0.15) is 5.56 Å². The summed E-state index contributed by atoms with van der Waals surface area (Å²) in [5, 5.41) is 9.44. The van der Waals surface area contributed by atoms with E-state index in [2.05, 4.69) is 241 Å². The molecule has 0 fully saturated rings. The van der Waals surface area contributed by atoms with Gasteiger partial charge in [-0.15, -0.1) is 0 Å². The highest BCUT2D eigenvalue weighted by atomic mass is 15.7. The minimum absolute atomic E-state index is 0.857. The fourth-order valence-electron chi connectivity index (χ4n) is 10.1. The highest BCUT2D eigenvalue weighted by Gasteiger charge is 2.19. The van der Waals surface area contributed by atoms with Gasteiger partial charge in [-0.3, -0.25) is 15.4 Å². The van der Waals surface area contributed by atoms with Crippen molar-refractivity contribution in [3.05, 3.63) is 279 Å². The lowest BCUT2D eigenvalue weighted by molar-refractivity contribution is 0.771. The fourth-order valence-corrected chi connectivity index (χ4v) is 10.1. The van der Waals surface area contributed by atoms with Crippen LogP contribution in [-0.2, 0) is 0 Å². The maximum Gasteiger partial charge on any atom is 0.0949 e. The van der Waals surface area contributed by atoms with E-state index in [1.54, 1.807) is 0 Å². The van der Waals surface area contributed by atoms with E-state index in [0.717, 1.165) is 89.6 Å². The number of benzene rings is 9. The maximum absolute atomic E-state index is 5.22. The third kappa shape index (κ3) is 8.43. The molecule has 73 heavy (non-hydrogen) atoms. The second-order valence-corrected chi connectivity index (χ2v) is 18.2. The van der Waals surface area contributed by atoms with Crippen LogP contribution in [0.2, 0.25) is 0 Å².